The SMILES string of the molecule is COc1cccc(Oc2ccc(N(c3ccc(C=Cc4ccccc4)cc3)c3ccc(Oc4cccc(OC(C)=O)c4)cc3)cc2)c1. The van der Waals surface area contributed by atoms with Gasteiger partial charge in [-0.25, -0.2) is 0 Å². The lowest BCUT2D eigenvalue weighted by Gasteiger charge is -2.26. The third-order valence-electron chi connectivity index (χ3n) is 7.19. The van der Waals surface area contributed by atoms with Crippen LogP contribution in [0.4, 0.5) is 17.1 Å². The number of ether oxygens (including phenoxy) is 4. The van der Waals surface area contributed by atoms with Gasteiger partial charge in [-0.2, -0.15) is 0 Å². The second-order valence-electron chi connectivity index (χ2n) is 10.6. The van der Waals surface area contributed by atoms with Gasteiger partial charge in [0.1, 0.15) is 34.5 Å². The molecule has 6 aromatic carbocycles. The number of carbonyl (C=O) groups excluding carboxylic acids is 1. The molecule has 6 nitrogen and oxygen atoms in total. The van der Waals surface area contributed by atoms with Gasteiger partial charge in [0.05, 0.1) is 7.11 Å². The van der Waals surface area contributed by atoms with Crippen LogP contribution in [0.5, 0.6) is 34.5 Å². The summed E-state index contributed by atoms with van der Waals surface area (Å²) in [6, 6.07) is 49.0. The van der Waals surface area contributed by atoms with E-state index in [2.05, 4.69) is 53.5 Å². The molecule has 0 aliphatic rings. The van der Waals surface area contributed by atoms with Crippen LogP contribution in [0, 0.1) is 0 Å². The summed E-state index contributed by atoms with van der Waals surface area (Å²) in [5, 5.41) is 0. The van der Waals surface area contributed by atoms with Crippen molar-refractivity contribution in [1.29, 1.82) is 0 Å². The quantitative estimate of drug-likeness (QED) is 0.0817. The van der Waals surface area contributed by atoms with Crippen LogP contribution in [0.2, 0.25) is 0 Å². The van der Waals surface area contributed by atoms with Gasteiger partial charge >= 0.3 is 5.97 Å². The largest absolute Gasteiger partial charge is 0.497 e. The fraction of sp³-hybridized carbons (Fsp3) is 0.0488. The van der Waals surface area contributed by atoms with Gasteiger partial charge in [0.15, 0.2) is 0 Å². The van der Waals surface area contributed by atoms with Crippen molar-refractivity contribution in [2.24, 2.45) is 0 Å². The average Bonchev–Trinajstić information content (AvgIpc) is 3.10. The molecule has 0 saturated carbocycles. The highest BCUT2D eigenvalue weighted by atomic mass is 16.5. The van der Waals surface area contributed by atoms with Crippen molar-refractivity contribution in [2.75, 3.05) is 12.0 Å². The molecule has 47 heavy (non-hydrogen) atoms. The van der Waals surface area contributed by atoms with Gasteiger partial charge in [-0.05, 0) is 96.1 Å². The lowest BCUT2D eigenvalue weighted by atomic mass is 10.1. The summed E-state index contributed by atoms with van der Waals surface area (Å²) in [5.74, 6) is 3.41. The zero-order valence-electron chi connectivity index (χ0n) is 26.1. The molecule has 0 saturated heterocycles. The van der Waals surface area contributed by atoms with E-state index < -0.39 is 0 Å². The van der Waals surface area contributed by atoms with Crippen LogP contribution in [0.1, 0.15) is 18.1 Å². The molecule has 0 N–H and O–H groups in total. The average molecular weight is 620 g/mol. The molecule has 0 spiro atoms. The number of benzene rings is 6. The number of esters is 1. The van der Waals surface area contributed by atoms with Gasteiger partial charge < -0.3 is 23.8 Å². The standard InChI is InChI=1S/C41H33NO5/c1-30(43)45-39-11-7-13-41(29-39)47-37-26-22-35(23-27-37)42(33-18-16-32(17-19-33)15-14-31-8-4-3-5-9-31)34-20-24-36(25-21-34)46-40-12-6-10-38(28-40)44-2/h3-29H,1-2H3. The fourth-order valence-corrected chi connectivity index (χ4v) is 4.97. The number of hydrogen-bond donors (Lipinski definition) is 0. The Kier molecular flexibility index (Phi) is 9.60. The first-order valence-corrected chi connectivity index (χ1v) is 15.1. The summed E-state index contributed by atoms with van der Waals surface area (Å²) < 4.78 is 22.7. The maximum absolute atomic E-state index is 11.4. The number of nitrogens with zero attached hydrogens (tertiary/aromatic N) is 1. The van der Waals surface area contributed by atoms with Gasteiger partial charge in [-0.1, -0.05) is 66.7 Å². The van der Waals surface area contributed by atoms with E-state index in [4.69, 9.17) is 18.9 Å². The molecule has 0 bridgehead atoms. The summed E-state index contributed by atoms with van der Waals surface area (Å²) in [4.78, 5) is 13.5. The molecule has 6 heteroatoms. The molecule has 232 valence electrons. The van der Waals surface area contributed by atoms with Crippen molar-refractivity contribution < 1.29 is 23.7 Å². The number of methoxy groups -OCH3 is 1. The van der Waals surface area contributed by atoms with E-state index >= 15 is 0 Å². The zero-order chi connectivity index (χ0) is 32.4. The van der Waals surface area contributed by atoms with E-state index in [0.717, 1.165) is 33.9 Å². The predicted octanol–water partition coefficient (Wildman–Crippen LogP) is 10.8. The van der Waals surface area contributed by atoms with Crippen molar-refractivity contribution in [3.8, 4) is 34.5 Å². The van der Waals surface area contributed by atoms with Crippen LogP contribution in [-0.4, -0.2) is 13.1 Å². The Hall–Kier alpha value is -6.27. The molecule has 0 fully saturated rings. The van der Waals surface area contributed by atoms with Crippen molar-refractivity contribution in [2.45, 2.75) is 6.92 Å². The molecule has 0 amide bonds. The van der Waals surface area contributed by atoms with Crippen LogP contribution >= 0.6 is 0 Å². The maximum Gasteiger partial charge on any atom is 0.308 e. The van der Waals surface area contributed by atoms with Crippen molar-refractivity contribution >= 4 is 35.2 Å². The summed E-state index contributed by atoms with van der Waals surface area (Å²) >= 11 is 0. The van der Waals surface area contributed by atoms with Crippen LogP contribution < -0.4 is 23.8 Å². The maximum atomic E-state index is 11.4. The van der Waals surface area contributed by atoms with E-state index in [1.807, 2.05) is 97.1 Å². The Balaban J connectivity index is 1.27. The molecule has 0 aliphatic carbocycles. The molecule has 0 aliphatic heterocycles. The minimum atomic E-state index is -0.383. The summed E-state index contributed by atoms with van der Waals surface area (Å²) in [6.45, 7) is 1.37. The predicted molar refractivity (Wildman–Crippen MR) is 187 cm³/mol. The summed E-state index contributed by atoms with van der Waals surface area (Å²) in [6.07, 6.45) is 4.21. The number of anilines is 3. The molecule has 6 aromatic rings. The van der Waals surface area contributed by atoms with Crippen molar-refractivity contribution in [3.63, 3.8) is 0 Å². The van der Waals surface area contributed by atoms with E-state index in [-0.39, 0.29) is 5.97 Å². The third-order valence-corrected chi connectivity index (χ3v) is 7.19. The van der Waals surface area contributed by atoms with E-state index in [1.165, 1.54) is 6.92 Å². The topological polar surface area (TPSA) is 57.2 Å². The number of hydrogen-bond acceptors (Lipinski definition) is 6. The highest BCUT2D eigenvalue weighted by molar-refractivity contribution is 5.78. The first kappa shape index (κ1) is 30.7. The molecular weight excluding hydrogens is 586 g/mol. The highest BCUT2D eigenvalue weighted by Crippen LogP contribution is 2.38. The number of carbonyl (C=O) groups is 1. The normalized spacial score (nSPS) is 10.8. The van der Waals surface area contributed by atoms with Crippen LogP contribution in [0.15, 0.2) is 152 Å². The second-order valence-corrected chi connectivity index (χ2v) is 10.6. The van der Waals surface area contributed by atoms with Crippen LogP contribution in [0.25, 0.3) is 12.2 Å². The van der Waals surface area contributed by atoms with Gasteiger partial charge in [0, 0.05) is 36.1 Å². The van der Waals surface area contributed by atoms with E-state index in [1.54, 1.807) is 25.3 Å². The van der Waals surface area contributed by atoms with Gasteiger partial charge in [-0.15, -0.1) is 0 Å². The van der Waals surface area contributed by atoms with Gasteiger partial charge in [0.2, 0.25) is 0 Å². The first-order chi connectivity index (χ1) is 23.0. The van der Waals surface area contributed by atoms with Gasteiger partial charge in [-0.3, -0.25) is 4.79 Å². The summed E-state index contributed by atoms with van der Waals surface area (Å²) in [5.41, 5.74) is 5.14. The van der Waals surface area contributed by atoms with Gasteiger partial charge in [0.25, 0.3) is 0 Å². The Morgan fingerprint density at radius 1 is 0.489 bits per heavy atom. The smallest absolute Gasteiger partial charge is 0.308 e. The minimum absolute atomic E-state index is 0.383. The molecular formula is C41H33NO5. The molecule has 6 rings (SSSR count). The summed E-state index contributed by atoms with van der Waals surface area (Å²) in [7, 11) is 1.64. The lowest BCUT2D eigenvalue weighted by molar-refractivity contribution is -0.131. The molecule has 0 radical (unpaired) electrons. The van der Waals surface area contributed by atoms with E-state index in [0.29, 0.717) is 28.7 Å². The Morgan fingerprint density at radius 3 is 1.45 bits per heavy atom. The van der Waals surface area contributed by atoms with Crippen molar-refractivity contribution in [1.82, 2.24) is 0 Å². The first-order valence-electron chi connectivity index (χ1n) is 15.1. The third kappa shape index (κ3) is 8.26. The minimum Gasteiger partial charge on any atom is -0.497 e. The molecule has 0 atom stereocenters. The molecule has 0 heterocycles. The fourth-order valence-electron chi connectivity index (χ4n) is 4.97. The molecule has 0 unspecified atom stereocenters. The van der Waals surface area contributed by atoms with Crippen molar-refractivity contribution in [3.05, 3.63) is 163 Å². The Morgan fingerprint density at radius 2 is 0.936 bits per heavy atom. The highest BCUT2D eigenvalue weighted by Gasteiger charge is 2.14. The second kappa shape index (κ2) is 14.7. The lowest BCUT2D eigenvalue weighted by Crippen LogP contribution is -2.09. The Labute approximate surface area is 274 Å². The van der Waals surface area contributed by atoms with E-state index in [9.17, 15) is 4.79 Å². The number of rotatable bonds is 11. The van der Waals surface area contributed by atoms with Crippen LogP contribution in [-0.2, 0) is 4.79 Å². The zero-order valence-corrected chi connectivity index (χ0v) is 26.1. The van der Waals surface area contributed by atoms with Crippen LogP contribution in [0.3, 0.4) is 0 Å². The Bertz CT molecular complexity index is 1950. The monoisotopic (exact) mass is 619 g/mol. The molecule has 0 aromatic heterocycles.